The molecule has 0 saturated carbocycles. The standard InChI is InChI=1S/C8H7Cl2FN2O/c1-13(2)8(14)4-3-5(11)7(10)12-6(4)9/h3H,1-2H3. The van der Waals surface area contributed by atoms with Crippen LogP contribution in [0, 0.1) is 5.82 Å². The van der Waals surface area contributed by atoms with E-state index in [0.717, 1.165) is 6.07 Å². The van der Waals surface area contributed by atoms with Gasteiger partial charge in [0.15, 0.2) is 11.0 Å². The molecule has 0 aliphatic rings. The van der Waals surface area contributed by atoms with Crippen molar-refractivity contribution >= 4 is 29.1 Å². The quantitative estimate of drug-likeness (QED) is 0.701. The van der Waals surface area contributed by atoms with E-state index in [1.165, 1.54) is 19.0 Å². The first kappa shape index (κ1) is 11.2. The van der Waals surface area contributed by atoms with Gasteiger partial charge in [0, 0.05) is 14.1 Å². The molecule has 0 aromatic carbocycles. The van der Waals surface area contributed by atoms with Crippen LogP contribution >= 0.6 is 23.2 Å². The molecule has 0 N–H and O–H groups in total. The number of carbonyl (C=O) groups excluding carboxylic acids is 1. The van der Waals surface area contributed by atoms with Crippen LogP contribution in [0.2, 0.25) is 10.3 Å². The van der Waals surface area contributed by atoms with E-state index < -0.39 is 11.7 Å². The van der Waals surface area contributed by atoms with Crippen LogP contribution in [0.25, 0.3) is 0 Å². The third kappa shape index (κ3) is 2.13. The van der Waals surface area contributed by atoms with Gasteiger partial charge in [0.25, 0.3) is 5.91 Å². The van der Waals surface area contributed by atoms with Crippen LogP contribution in [-0.4, -0.2) is 29.9 Å². The van der Waals surface area contributed by atoms with Crippen LogP contribution in [0.3, 0.4) is 0 Å². The Morgan fingerprint density at radius 1 is 1.43 bits per heavy atom. The first-order chi connectivity index (χ1) is 6.43. The lowest BCUT2D eigenvalue weighted by Gasteiger charge is -2.11. The summed E-state index contributed by atoms with van der Waals surface area (Å²) < 4.78 is 13.0. The molecular weight excluding hydrogens is 230 g/mol. The molecule has 0 atom stereocenters. The Bertz CT molecular complexity index is 382. The van der Waals surface area contributed by atoms with Crippen molar-refractivity contribution < 1.29 is 9.18 Å². The number of halogens is 3. The van der Waals surface area contributed by atoms with Gasteiger partial charge in [0.1, 0.15) is 5.15 Å². The maximum absolute atomic E-state index is 13.0. The first-order valence-electron chi connectivity index (χ1n) is 3.66. The van der Waals surface area contributed by atoms with E-state index in [0.29, 0.717) is 0 Å². The topological polar surface area (TPSA) is 33.2 Å². The second-order valence-electron chi connectivity index (χ2n) is 2.80. The number of amides is 1. The molecule has 76 valence electrons. The second-order valence-corrected chi connectivity index (χ2v) is 3.51. The van der Waals surface area contributed by atoms with E-state index in [1.54, 1.807) is 0 Å². The molecule has 0 spiro atoms. The fourth-order valence-corrected chi connectivity index (χ4v) is 1.24. The maximum Gasteiger partial charge on any atom is 0.256 e. The summed E-state index contributed by atoms with van der Waals surface area (Å²) >= 11 is 11.0. The summed E-state index contributed by atoms with van der Waals surface area (Å²) in [6.45, 7) is 0. The minimum Gasteiger partial charge on any atom is -0.345 e. The highest BCUT2D eigenvalue weighted by Gasteiger charge is 2.16. The zero-order valence-corrected chi connectivity index (χ0v) is 9.03. The number of nitrogens with zero attached hydrogens (tertiary/aromatic N) is 2. The number of pyridine rings is 1. The number of hydrogen-bond donors (Lipinski definition) is 0. The summed E-state index contributed by atoms with van der Waals surface area (Å²) in [5, 5.41) is -0.444. The van der Waals surface area contributed by atoms with Crippen molar-refractivity contribution in [3.63, 3.8) is 0 Å². The summed E-state index contributed by atoms with van der Waals surface area (Å²) in [6.07, 6.45) is 0. The highest BCUT2D eigenvalue weighted by Crippen LogP contribution is 2.20. The van der Waals surface area contributed by atoms with E-state index >= 15 is 0 Å². The van der Waals surface area contributed by atoms with Crippen molar-refractivity contribution in [2.75, 3.05) is 14.1 Å². The van der Waals surface area contributed by atoms with Gasteiger partial charge in [0.2, 0.25) is 0 Å². The molecule has 0 bridgehead atoms. The van der Waals surface area contributed by atoms with E-state index in [2.05, 4.69) is 4.98 Å². The van der Waals surface area contributed by atoms with Crippen LogP contribution < -0.4 is 0 Å². The Morgan fingerprint density at radius 2 is 2.00 bits per heavy atom. The van der Waals surface area contributed by atoms with Gasteiger partial charge in [-0.3, -0.25) is 4.79 Å². The maximum atomic E-state index is 13.0. The molecule has 0 radical (unpaired) electrons. The third-order valence-electron chi connectivity index (χ3n) is 1.52. The smallest absolute Gasteiger partial charge is 0.256 e. The predicted molar refractivity (Wildman–Crippen MR) is 52.2 cm³/mol. The van der Waals surface area contributed by atoms with Gasteiger partial charge in [-0.25, -0.2) is 9.37 Å². The average Bonchev–Trinajstić information content (AvgIpc) is 2.10. The normalized spacial score (nSPS) is 10.1. The van der Waals surface area contributed by atoms with Crippen molar-refractivity contribution in [1.29, 1.82) is 0 Å². The zero-order chi connectivity index (χ0) is 10.9. The molecule has 1 heterocycles. The summed E-state index contributed by atoms with van der Waals surface area (Å²) in [7, 11) is 3.07. The van der Waals surface area contributed by atoms with Gasteiger partial charge in [-0.05, 0) is 6.07 Å². The monoisotopic (exact) mass is 236 g/mol. The molecule has 1 rings (SSSR count). The molecule has 0 saturated heterocycles. The van der Waals surface area contributed by atoms with Gasteiger partial charge in [-0.1, -0.05) is 23.2 Å². The average molecular weight is 237 g/mol. The largest absolute Gasteiger partial charge is 0.345 e. The fraction of sp³-hybridized carbons (Fsp3) is 0.250. The molecule has 0 aliphatic heterocycles. The lowest BCUT2D eigenvalue weighted by atomic mass is 10.2. The number of rotatable bonds is 1. The van der Waals surface area contributed by atoms with Crippen molar-refractivity contribution in [3.8, 4) is 0 Å². The van der Waals surface area contributed by atoms with Crippen LogP contribution in [0.1, 0.15) is 10.4 Å². The molecule has 3 nitrogen and oxygen atoms in total. The van der Waals surface area contributed by atoms with E-state index in [1.807, 2.05) is 0 Å². The van der Waals surface area contributed by atoms with E-state index in [9.17, 15) is 9.18 Å². The lowest BCUT2D eigenvalue weighted by molar-refractivity contribution is 0.0827. The summed E-state index contributed by atoms with van der Waals surface area (Å²) in [4.78, 5) is 16.2. The minimum atomic E-state index is -0.763. The van der Waals surface area contributed by atoms with Crippen LogP contribution in [0.4, 0.5) is 4.39 Å². The van der Waals surface area contributed by atoms with Gasteiger partial charge < -0.3 is 4.90 Å². The Hall–Kier alpha value is -0.870. The molecule has 0 fully saturated rings. The SMILES string of the molecule is CN(C)C(=O)c1cc(F)c(Cl)nc1Cl. The van der Waals surface area contributed by atoms with E-state index in [-0.39, 0.29) is 15.9 Å². The number of carbonyl (C=O) groups is 1. The Balaban J connectivity index is 3.22. The highest BCUT2D eigenvalue weighted by atomic mass is 35.5. The fourth-order valence-electron chi connectivity index (χ4n) is 0.837. The van der Waals surface area contributed by atoms with Crippen molar-refractivity contribution in [3.05, 3.63) is 27.8 Å². The molecule has 0 unspecified atom stereocenters. The lowest BCUT2D eigenvalue weighted by Crippen LogP contribution is -2.22. The van der Waals surface area contributed by atoms with Crippen molar-refractivity contribution in [2.45, 2.75) is 0 Å². The molecule has 6 heteroatoms. The number of hydrogen-bond acceptors (Lipinski definition) is 2. The van der Waals surface area contributed by atoms with Crippen LogP contribution in [-0.2, 0) is 0 Å². The summed E-state index contributed by atoms with van der Waals surface area (Å²) in [6, 6.07) is 0.972. The Labute approximate surface area is 90.4 Å². The Kier molecular flexibility index (Phi) is 3.29. The van der Waals surface area contributed by atoms with Crippen LogP contribution in [0.5, 0.6) is 0 Å². The molecule has 1 amide bonds. The predicted octanol–water partition coefficient (Wildman–Crippen LogP) is 2.23. The highest BCUT2D eigenvalue weighted by molar-refractivity contribution is 6.34. The van der Waals surface area contributed by atoms with Crippen molar-refractivity contribution in [2.24, 2.45) is 0 Å². The van der Waals surface area contributed by atoms with Gasteiger partial charge >= 0.3 is 0 Å². The number of aromatic nitrogens is 1. The zero-order valence-electron chi connectivity index (χ0n) is 7.51. The summed E-state index contributed by atoms with van der Waals surface area (Å²) in [5.74, 6) is -1.18. The van der Waals surface area contributed by atoms with Gasteiger partial charge in [-0.15, -0.1) is 0 Å². The first-order valence-corrected chi connectivity index (χ1v) is 4.42. The Morgan fingerprint density at radius 3 is 2.50 bits per heavy atom. The molecule has 14 heavy (non-hydrogen) atoms. The molecular formula is C8H7Cl2FN2O. The van der Waals surface area contributed by atoms with Gasteiger partial charge in [-0.2, -0.15) is 0 Å². The van der Waals surface area contributed by atoms with Crippen LogP contribution in [0.15, 0.2) is 6.07 Å². The summed E-state index contributed by atoms with van der Waals surface area (Å²) in [5.41, 5.74) is -0.00133. The van der Waals surface area contributed by atoms with Crippen molar-refractivity contribution in [1.82, 2.24) is 9.88 Å². The second kappa shape index (κ2) is 4.11. The third-order valence-corrected chi connectivity index (χ3v) is 2.08. The molecule has 1 aromatic heterocycles. The minimum absolute atomic E-state index is 0.00133. The van der Waals surface area contributed by atoms with E-state index in [4.69, 9.17) is 23.2 Å². The van der Waals surface area contributed by atoms with Gasteiger partial charge in [0.05, 0.1) is 5.56 Å². The molecule has 1 aromatic rings. The molecule has 0 aliphatic carbocycles.